The lowest BCUT2D eigenvalue weighted by atomic mass is 9.91. The topological polar surface area (TPSA) is 158 Å². The molecule has 0 saturated heterocycles. The molecule has 1 unspecified atom stereocenters. The smallest absolute Gasteiger partial charge is 0.264 e. The highest BCUT2D eigenvalue weighted by atomic mass is 32.1. The van der Waals surface area contributed by atoms with Crippen LogP contribution in [0.5, 0.6) is 23.0 Å². The van der Waals surface area contributed by atoms with Crippen molar-refractivity contribution in [3.05, 3.63) is 114 Å². The molecule has 1 atom stereocenters. The van der Waals surface area contributed by atoms with Crippen molar-refractivity contribution in [2.24, 2.45) is 0 Å². The van der Waals surface area contributed by atoms with E-state index in [-0.39, 0.29) is 30.6 Å². The average Bonchev–Trinajstić information content (AvgIpc) is 3.97. The van der Waals surface area contributed by atoms with Crippen LogP contribution in [0.2, 0.25) is 0 Å². The van der Waals surface area contributed by atoms with Gasteiger partial charge < -0.3 is 18.9 Å². The summed E-state index contributed by atoms with van der Waals surface area (Å²) in [6, 6.07) is 27.2. The van der Waals surface area contributed by atoms with E-state index in [1.54, 1.807) is 24.5 Å². The van der Waals surface area contributed by atoms with E-state index >= 15 is 0 Å². The number of ether oxygens (including phenoxy) is 4. The maximum Gasteiger partial charge on any atom is 0.264 e. The summed E-state index contributed by atoms with van der Waals surface area (Å²) in [4.78, 5) is 39.4. The van der Waals surface area contributed by atoms with Gasteiger partial charge in [0.2, 0.25) is 0 Å². The Balaban J connectivity index is 0.838. The van der Waals surface area contributed by atoms with Crippen LogP contribution in [0.4, 0.5) is 10.3 Å². The Labute approximate surface area is 341 Å². The monoisotopic (exact) mass is 808 g/mol. The maximum atomic E-state index is 13.1. The quantitative estimate of drug-likeness (QED) is 0.130. The number of hydrogen-bond donors (Lipinski definition) is 2. The number of nitrogens with one attached hydrogen (secondary N) is 2. The molecule has 2 aliphatic heterocycles. The first-order chi connectivity index (χ1) is 28.0. The number of carbonyl (C=O) groups excluding carboxylic acids is 2. The number of nitrogens with zero attached hydrogens (tertiary/aromatic N) is 4. The van der Waals surface area contributed by atoms with E-state index in [4.69, 9.17) is 23.9 Å². The van der Waals surface area contributed by atoms with E-state index in [1.165, 1.54) is 22.7 Å². The summed E-state index contributed by atoms with van der Waals surface area (Å²) < 4.78 is 26.2. The minimum absolute atomic E-state index is 0.226. The van der Waals surface area contributed by atoms with E-state index in [0.29, 0.717) is 57.2 Å². The molecule has 2 amide bonds. The van der Waals surface area contributed by atoms with Crippen LogP contribution >= 0.6 is 22.7 Å². The highest BCUT2D eigenvalue weighted by Gasteiger charge is 2.37. The lowest BCUT2D eigenvalue weighted by Gasteiger charge is -2.24. The number of hydrogen-bond acceptors (Lipinski definition) is 12. The normalized spacial score (nSPS) is 16.2. The van der Waals surface area contributed by atoms with Crippen molar-refractivity contribution in [3.8, 4) is 40.2 Å². The van der Waals surface area contributed by atoms with Gasteiger partial charge in [-0.25, -0.2) is 9.97 Å². The van der Waals surface area contributed by atoms with Gasteiger partial charge in [0.15, 0.2) is 46.5 Å². The Morgan fingerprint density at radius 2 is 1.40 bits per heavy atom. The molecular weight excluding hydrogens is 773 g/mol. The Morgan fingerprint density at radius 3 is 2.09 bits per heavy atom. The summed E-state index contributed by atoms with van der Waals surface area (Å²) in [5.41, 5.74) is 5.57. The van der Waals surface area contributed by atoms with E-state index in [1.807, 2.05) is 87.5 Å². The predicted molar refractivity (Wildman–Crippen MR) is 223 cm³/mol. The van der Waals surface area contributed by atoms with E-state index in [2.05, 4.69) is 26.7 Å². The summed E-state index contributed by atoms with van der Waals surface area (Å²) >= 11 is 2.69. The van der Waals surface area contributed by atoms with Crippen molar-refractivity contribution < 1.29 is 28.5 Å². The van der Waals surface area contributed by atoms with E-state index < -0.39 is 5.60 Å². The molecule has 0 aliphatic carbocycles. The second kappa shape index (κ2) is 14.7. The fraction of sp³-hybridized carbons (Fsp3) is 0.227. The number of amides is 2. The molecule has 0 bridgehead atoms. The molecule has 2 N–H and O–H groups in total. The minimum Gasteiger partial charge on any atom is -0.483 e. The molecule has 0 radical (unpaired) electrons. The van der Waals surface area contributed by atoms with Crippen molar-refractivity contribution in [2.45, 2.75) is 51.2 Å². The van der Waals surface area contributed by atoms with Crippen LogP contribution in [-0.4, -0.2) is 51.2 Å². The van der Waals surface area contributed by atoms with Gasteiger partial charge in [-0.15, -0.1) is 0 Å². The zero-order valence-electron chi connectivity index (χ0n) is 31.8. The van der Waals surface area contributed by atoms with Crippen molar-refractivity contribution in [2.75, 3.05) is 23.8 Å². The van der Waals surface area contributed by atoms with Gasteiger partial charge in [-0.3, -0.25) is 25.2 Å². The minimum atomic E-state index is -0.659. The van der Waals surface area contributed by atoms with Crippen LogP contribution in [0.25, 0.3) is 31.6 Å². The number of para-hydroxylation sites is 3. The number of pyridine rings is 1. The first-order valence-corrected chi connectivity index (χ1v) is 20.3. The van der Waals surface area contributed by atoms with Gasteiger partial charge in [0, 0.05) is 48.3 Å². The third kappa shape index (κ3) is 7.49. The average molecular weight is 809 g/mol. The standard InChI is InChI=1S/C44H36N6O6S2/c1-43(2)20-27-7-4-10-31(39(27)55-43)53-23-35(51)47-41-49-37-29(22-45)17-25(18-34(37)58-41)19-44(3)21-28-8-5-11-32(40(28)56-44)54-24-36(52)48-42-50-38-30(9-6-12-33(38)57-42)26-13-15-46-16-14-26/h4-18H,19-21,23-24H2,1-3H3,(H,47,49,51)(H,48,50,52). The van der Waals surface area contributed by atoms with Gasteiger partial charge >= 0.3 is 0 Å². The van der Waals surface area contributed by atoms with E-state index in [9.17, 15) is 14.9 Å². The highest BCUT2D eigenvalue weighted by Crippen LogP contribution is 2.44. The number of carbonyl (C=O) groups is 2. The summed E-state index contributed by atoms with van der Waals surface area (Å²) in [6.45, 7) is 5.58. The summed E-state index contributed by atoms with van der Waals surface area (Å²) in [7, 11) is 0. The first-order valence-electron chi connectivity index (χ1n) is 18.6. The maximum absolute atomic E-state index is 13.1. The Morgan fingerprint density at radius 1 is 0.776 bits per heavy atom. The molecular formula is C44H36N6O6S2. The van der Waals surface area contributed by atoms with Gasteiger partial charge in [0.25, 0.3) is 11.8 Å². The number of rotatable bonds is 11. The molecule has 14 heteroatoms. The molecule has 290 valence electrons. The summed E-state index contributed by atoms with van der Waals surface area (Å²) in [5.74, 6) is 1.52. The molecule has 5 heterocycles. The molecule has 12 nitrogen and oxygen atoms in total. The second-order valence-corrected chi connectivity index (χ2v) is 17.2. The van der Waals surface area contributed by atoms with Crippen molar-refractivity contribution in [3.63, 3.8) is 0 Å². The van der Waals surface area contributed by atoms with Gasteiger partial charge in [-0.1, -0.05) is 59.1 Å². The van der Waals surface area contributed by atoms with Crippen LogP contribution in [0.15, 0.2) is 91.3 Å². The van der Waals surface area contributed by atoms with Crippen LogP contribution in [0, 0.1) is 11.3 Å². The fourth-order valence-corrected chi connectivity index (χ4v) is 9.42. The number of benzene rings is 4. The number of aromatic nitrogens is 3. The predicted octanol–water partition coefficient (Wildman–Crippen LogP) is 8.52. The molecule has 0 spiro atoms. The Hall–Kier alpha value is -6.56. The zero-order chi connectivity index (χ0) is 40.0. The zero-order valence-corrected chi connectivity index (χ0v) is 33.4. The van der Waals surface area contributed by atoms with Gasteiger partial charge in [-0.2, -0.15) is 5.26 Å². The molecule has 3 aromatic heterocycles. The van der Waals surface area contributed by atoms with Crippen molar-refractivity contribution in [1.82, 2.24) is 15.0 Å². The molecule has 0 saturated carbocycles. The Bertz CT molecular complexity index is 2800. The van der Waals surface area contributed by atoms with Crippen LogP contribution < -0.4 is 29.6 Å². The molecule has 2 aliphatic rings. The van der Waals surface area contributed by atoms with Gasteiger partial charge in [-0.05, 0) is 74.4 Å². The fourth-order valence-electron chi connectivity index (χ4n) is 7.54. The van der Waals surface area contributed by atoms with Crippen LogP contribution in [0.3, 0.4) is 0 Å². The molecule has 7 aromatic rings. The Kier molecular flexibility index (Phi) is 9.42. The van der Waals surface area contributed by atoms with Crippen molar-refractivity contribution >= 4 is 65.2 Å². The largest absolute Gasteiger partial charge is 0.483 e. The second-order valence-electron chi connectivity index (χ2n) is 15.1. The number of thiazole rings is 2. The number of nitriles is 1. The first kappa shape index (κ1) is 37.0. The molecule has 9 rings (SSSR count). The summed E-state index contributed by atoms with van der Waals surface area (Å²) in [6.07, 6.45) is 5.32. The third-order valence-electron chi connectivity index (χ3n) is 9.90. The lowest BCUT2D eigenvalue weighted by molar-refractivity contribution is -0.118. The lowest BCUT2D eigenvalue weighted by Crippen LogP contribution is -2.33. The van der Waals surface area contributed by atoms with Gasteiger partial charge in [0.1, 0.15) is 22.8 Å². The summed E-state index contributed by atoms with van der Waals surface area (Å²) in [5, 5.41) is 16.6. The SMILES string of the molecule is CC1(C)Cc2cccc(OCC(=O)Nc3nc4c(C#N)cc(CC5(C)Cc6cccc(OCC(=O)Nc7nc8c(-c9ccncc9)cccc8s7)c6O5)cc4s3)c2O1. The van der Waals surface area contributed by atoms with E-state index in [0.717, 1.165) is 49.2 Å². The third-order valence-corrected chi connectivity index (χ3v) is 11.8. The van der Waals surface area contributed by atoms with Crippen LogP contribution in [-0.2, 0) is 28.9 Å². The number of fused-ring (bicyclic) bond motifs is 4. The molecule has 4 aromatic carbocycles. The van der Waals surface area contributed by atoms with Gasteiger partial charge in [0.05, 0.1) is 20.5 Å². The molecule has 58 heavy (non-hydrogen) atoms. The molecule has 0 fully saturated rings. The van der Waals surface area contributed by atoms with Crippen LogP contribution in [0.1, 0.15) is 43.0 Å². The highest BCUT2D eigenvalue weighted by molar-refractivity contribution is 7.22. The number of anilines is 2. The van der Waals surface area contributed by atoms with Crippen molar-refractivity contribution in [1.29, 1.82) is 5.26 Å².